The number of nitrogens with one attached hydrogen (secondary N) is 3. The monoisotopic (exact) mass is 516 g/mol. The molecule has 0 aromatic heterocycles. The van der Waals surface area contributed by atoms with Crippen LogP contribution in [0, 0.1) is 5.41 Å². The van der Waals surface area contributed by atoms with Crippen LogP contribution in [0.1, 0.15) is 61.9 Å². The van der Waals surface area contributed by atoms with Crippen LogP contribution in [0.4, 0.5) is 0 Å². The van der Waals surface area contributed by atoms with Crippen molar-refractivity contribution in [1.82, 2.24) is 16.0 Å². The molecule has 1 aromatic carbocycles. The lowest BCUT2D eigenvalue weighted by Gasteiger charge is -2.30. The number of halogens is 1. The van der Waals surface area contributed by atoms with Gasteiger partial charge in [-0.3, -0.25) is 4.79 Å². The summed E-state index contributed by atoms with van der Waals surface area (Å²) in [5.74, 6) is 0.786. The quantitative estimate of drug-likeness (QED) is 0.252. The van der Waals surface area contributed by atoms with Crippen LogP contribution in [0.5, 0.6) is 0 Å². The molecule has 6 nitrogen and oxygen atoms in total. The molecule has 0 unspecified atom stereocenters. The van der Waals surface area contributed by atoms with E-state index in [0.717, 1.165) is 37.6 Å². The Labute approximate surface area is 192 Å². The number of rotatable bonds is 10. The van der Waals surface area contributed by atoms with Crippen molar-refractivity contribution >= 4 is 35.8 Å². The molecule has 0 radical (unpaired) electrons. The molecule has 0 heterocycles. The number of aliphatic imine (C=N–C) groups is 1. The fourth-order valence-corrected chi connectivity index (χ4v) is 3.82. The topological polar surface area (TPSA) is 74.8 Å². The number of hydrogen-bond acceptors (Lipinski definition) is 3. The third-order valence-electron chi connectivity index (χ3n) is 5.42. The number of carbonyl (C=O) groups is 1. The number of guanidine groups is 1. The minimum absolute atomic E-state index is 0. The minimum Gasteiger partial charge on any atom is -0.385 e. The summed E-state index contributed by atoms with van der Waals surface area (Å²) in [5.41, 5.74) is 2.01. The number of carbonyl (C=O) groups excluding carboxylic acids is 1. The maximum absolute atomic E-state index is 12.0. The molecule has 7 heteroatoms. The smallest absolute Gasteiger partial charge is 0.251 e. The van der Waals surface area contributed by atoms with Gasteiger partial charge in [-0.05, 0) is 56.2 Å². The predicted octanol–water partition coefficient (Wildman–Crippen LogP) is 3.71. The Morgan fingerprint density at radius 1 is 1.14 bits per heavy atom. The molecular weight excluding hydrogens is 479 g/mol. The lowest BCUT2D eigenvalue weighted by atomic mass is 9.83. The number of methoxy groups -OCH3 is 1. The summed E-state index contributed by atoms with van der Waals surface area (Å²) in [4.78, 5) is 16.8. The molecule has 3 N–H and O–H groups in total. The molecule has 1 aromatic rings. The van der Waals surface area contributed by atoms with E-state index in [9.17, 15) is 4.79 Å². The standard InChI is InChI=1S/C22H36N4O2.HI/c1-4-23-20(27)19-10-8-9-18(15-19)16-25-21(24-5-2)26-17-22(13-14-28-3)11-6-7-12-22;/h8-10,15H,4-7,11-14,16-17H2,1-3H3,(H,23,27)(H2,24,25,26);1H. The molecule has 0 atom stereocenters. The highest BCUT2D eigenvalue weighted by atomic mass is 127. The Bertz CT molecular complexity index is 645. The summed E-state index contributed by atoms with van der Waals surface area (Å²) in [7, 11) is 1.77. The van der Waals surface area contributed by atoms with Gasteiger partial charge < -0.3 is 20.7 Å². The van der Waals surface area contributed by atoms with Crippen molar-refractivity contribution in [3.05, 3.63) is 35.4 Å². The molecule has 2 rings (SSSR count). The highest BCUT2D eigenvalue weighted by Crippen LogP contribution is 2.40. The van der Waals surface area contributed by atoms with Gasteiger partial charge in [-0.2, -0.15) is 0 Å². The van der Waals surface area contributed by atoms with Gasteiger partial charge in [0.05, 0.1) is 6.54 Å². The lowest BCUT2D eigenvalue weighted by Crippen LogP contribution is -2.43. The minimum atomic E-state index is -0.0420. The summed E-state index contributed by atoms with van der Waals surface area (Å²) in [6.07, 6.45) is 6.18. The van der Waals surface area contributed by atoms with E-state index in [1.807, 2.05) is 31.2 Å². The predicted molar refractivity (Wildman–Crippen MR) is 130 cm³/mol. The number of ether oxygens (including phenoxy) is 1. The van der Waals surface area contributed by atoms with Gasteiger partial charge in [0.1, 0.15) is 0 Å². The van der Waals surface area contributed by atoms with Crippen molar-refractivity contribution in [3.8, 4) is 0 Å². The Morgan fingerprint density at radius 3 is 2.52 bits per heavy atom. The van der Waals surface area contributed by atoms with Crippen LogP contribution in [-0.4, -0.2) is 45.2 Å². The third kappa shape index (κ3) is 8.50. The van der Waals surface area contributed by atoms with Crippen molar-refractivity contribution in [2.24, 2.45) is 10.4 Å². The maximum Gasteiger partial charge on any atom is 0.251 e. The van der Waals surface area contributed by atoms with E-state index in [4.69, 9.17) is 9.73 Å². The van der Waals surface area contributed by atoms with E-state index in [0.29, 0.717) is 24.1 Å². The van der Waals surface area contributed by atoms with Gasteiger partial charge in [-0.15, -0.1) is 24.0 Å². The van der Waals surface area contributed by atoms with E-state index < -0.39 is 0 Å². The van der Waals surface area contributed by atoms with E-state index in [1.54, 1.807) is 7.11 Å². The van der Waals surface area contributed by atoms with Crippen LogP contribution in [0.15, 0.2) is 29.3 Å². The van der Waals surface area contributed by atoms with Gasteiger partial charge in [-0.1, -0.05) is 25.0 Å². The van der Waals surface area contributed by atoms with Crippen LogP contribution < -0.4 is 16.0 Å². The second-order valence-electron chi connectivity index (χ2n) is 7.56. The van der Waals surface area contributed by atoms with E-state index in [2.05, 4.69) is 22.9 Å². The van der Waals surface area contributed by atoms with Crippen molar-refractivity contribution in [3.63, 3.8) is 0 Å². The molecule has 0 bridgehead atoms. The van der Waals surface area contributed by atoms with Crippen LogP contribution in [0.25, 0.3) is 0 Å². The maximum atomic E-state index is 12.0. The molecule has 0 saturated heterocycles. The third-order valence-corrected chi connectivity index (χ3v) is 5.42. The second kappa shape index (κ2) is 13.8. The summed E-state index contributed by atoms with van der Waals surface area (Å²) in [6.45, 7) is 7.69. The molecule has 0 aliphatic heterocycles. The van der Waals surface area contributed by atoms with Gasteiger partial charge in [0, 0.05) is 38.9 Å². The van der Waals surface area contributed by atoms with E-state index >= 15 is 0 Å². The highest BCUT2D eigenvalue weighted by Gasteiger charge is 2.33. The lowest BCUT2D eigenvalue weighted by molar-refractivity contribution is 0.0955. The van der Waals surface area contributed by atoms with Crippen LogP contribution >= 0.6 is 24.0 Å². The SMILES string of the molecule is CCNC(=O)c1cccc(CN=C(NCC)NCC2(CCOC)CCCC2)c1.I. The summed E-state index contributed by atoms with van der Waals surface area (Å²) in [5, 5.41) is 9.72. The number of benzene rings is 1. The molecule has 29 heavy (non-hydrogen) atoms. The average Bonchev–Trinajstić information content (AvgIpc) is 3.18. The molecule has 1 fully saturated rings. The number of nitrogens with zero attached hydrogens (tertiary/aromatic N) is 1. The number of hydrogen-bond donors (Lipinski definition) is 3. The first-order valence-corrected chi connectivity index (χ1v) is 10.5. The molecule has 1 amide bonds. The van der Waals surface area contributed by atoms with Crippen LogP contribution in [0.2, 0.25) is 0 Å². The molecule has 1 aliphatic carbocycles. The Balaban J connectivity index is 0.00000420. The molecular formula is C22H37IN4O2. The van der Waals surface area contributed by atoms with Crippen LogP contribution in [-0.2, 0) is 11.3 Å². The van der Waals surface area contributed by atoms with Gasteiger partial charge in [0.2, 0.25) is 0 Å². The van der Waals surface area contributed by atoms with Crippen molar-refractivity contribution in [2.75, 3.05) is 33.4 Å². The first kappa shape index (κ1) is 25.7. The zero-order valence-electron chi connectivity index (χ0n) is 18.1. The normalized spacial score (nSPS) is 15.5. The van der Waals surface area contributed by atoms with Crippen molar-refractivity contribution in [2.45, 2.75) is 52.5 Å². The molecule has 1 aliphatic rings. The zero-order chi connectivity index (χ0) is 20.2. The van der Waals surface area contributed by atoms with Gasteiger partial charge in [-0.25, -0.2) is 4.99 Å². The van der Waals surface area contributed by atoms with E-state index in [-0.39, 0.29) is 29.9 Å². The largest absolute Gasteiger partial charge is 0.385 e. The zero-order valence-corrected chi connectivity index (χ0v) is 20.4. The van der Waals surface area contributed by atoms with Gasteiger partial charge >= 0.3 is 0 Å². The van der Waals surface area contributed by atoms with Gasteiger partial charge in [0.25, 0.3) is 5.91 Å². The molecule has 164 valence electrons. The van der Waals surface area contributed by atoms with Gasteiger partial charge in [0.15, 0.2) is 5.96 Å². The number of amides is 1. The first-order valence-electron chi connectivity index (χ1n) is 10.5. The summed E-state index contributed by atoms with van der Waals surface area (Å²) < 4.78 is 5.33. The Kier molecular flexibility index (Phi) is 12.2. The fraction of sp³-hybridized carbons (Fsp3) is 0.636. The molecule has 1 saturated carbocycles. The fourth-order valence-electron chi connectivity index (χ4n) is 3.82. The average molecular weight is 516 g/mol. The first-order chi connectivity index (χ1) is 13.6. The Morgan fingerprint density at radius 2 is 1.86 bits per heavy atom. The summed E-state index contributed by atoms with van der Waals surface area (Å²) in [6, 6.07) is 7.66. The van der Waals surface area contributed by atoms with Crippen LogP contribution in [0.3, 0.4) is 0 Å². The summed E-state index contributed by atoms with van der Waals surface area (Å²) >= 11 is 0. The van der Waals surface area contributed by atoms with Crippen molar-refractivity contribution < 1.29 is 9.53 Å². The van der Waals surface area contributed by atoms with E-state index in [1.165, 1.54) is 25.7 Å². The highest BCUT2D eigenvalue weighted by molar-refractivity contribution is 14.0. The Hall–Kier alpha value is -1.35. The second-order valence-corrected chi connectivity index (χ2v) is 7.56. The molecule has 0 spiro atoms. The van der Waals surface area contributed by atoms with Crippen molar-refractivity contribution in [1.29, 1.82) is 0 Å².